The predicted molar refractivity (Wildman–Crippen MR) is 116 cm³/mol. The van der Waals surface area contributed by atoms with Gasteiger partial charge in [0, 0.05) is 39.9 Å². The van der Waals surface area contributed by atoms with Crippen LogP contribution in [0.1, 0.15) is 30.3 Å². The van der Waals surface area contributed by atoms with Crippen molar-refractivity contribution in [1.82, 2.24) is 35.5 Å². The molecule has 0 spiro atoms. The molecule has 0 aromatic carbocycles. The second-order valence-corrected chi connectivity index (χ2v) is 8.78. The molecule has 1 fully saturated rings. The Kier molecular flexibility index (Phi) is 8.47. The zero-order valence-electron chi connectivity index (χ0n) is 18.4. The van der Waals surface area contributed by atoms with Crippen LogP contribution in [0.15, 0.2) is 20.5 Å². The molecule has 0 bridgehead atoms. The number of carbonyl (C=O) groups excluding carboxylic acids is 2. The third-order valence-electron chi connectivity index (χ3n) is 5.12. The van der Waals surface area contributed by atoms with E-state index in [1.165, 1.54) is 0 Å². The van der Waals surface area contributed by atoms with Crippen LogP contribution in [-0.2, 0) is 20.9 Å². The molecule has 3 N–H and O–H groups in total. The van der Waals surface area contributed by atoms with Gasteiger partial charge in [-0.25, -0.2) is 9.89 Å². The maximum atomic E-state index is 12.9. The predicted octanol–water partition coefficient (Wildman–Crippen LogP) is -0.0178. The number of methoxy groups -OCH3 is 1. The van der Waals surface area contributed by atoms with Crippen LogP contribution >= 0.6 is 11.8 Å². The Morgan fingerprint density at radius 3 is 2.81 bits per heavy atom. The lowest BCUT2D eigenvalue weighted by Gasteiger charge is -2.27. The van der Waals surface area contributed by atoms with Gasteiger partial charge in [0.1, 0.15) is 5.69 Å². The van der Waals surface area contributed by atoms with E-state index in [0.29, 0.717) is 48.8 Å². The van der Waals surface area contributed by atoms with Crippen molar-refractivity contribution in [3.05, 3.63) is 28.0 Å². The summed E-state index contributed by atoms with van der Waals surface area (Å²) in [7, 11) is 5.06. The van der Waals surface area contributed by atoms with Gasteiger partial charge in [0.15, 0.2) is 17.0 Å². The monoisotopic (exact) mass is 467 g/mol. The molecular weight excluding hydrogens is 438 g/mol. The van der Waals surface area contributed by atoms with Crippen molar-refractivity contribution in [2.24, 2.45) is 5.92 Å². The lowest BCUT2D eigenvalue weighted by Crippen LogP contribution is -2.43. The highest BCUT2D eigenvalue weighted by Crippen LogP contribution is 2.28. The topological polar surface area (TPSA) is 149 Å². The fourth-order valence-corrected chi connectivity index (χ4v) is 3.76. The largest absolute Gasteiger partial charge is 0.378 e. The Bertz CT molecular complexity index is 954. The first-order valence-electron chi connectivity index (χ1n) is 10.3. The van der Waals surface area contributed by atoms with Gasteiger partial charge in [-0.2, -0.15) is 0 Å². The number of thioether (sulfide) groups is 1. The normalized spacial score (nSPS) is 14.5. The molecule has 13 heteroatoms. The summed E-state index contributed by atoms with van der Waals surface area (Å²) < 4.78 is 10.5. The summed E-state index contributed by atoms with van der Waals surface area (Å²) in [5.74, 6) is 0.833. The van der Waals surface area contributed by atoms with E-state index in [1.807, 2.05) is 4.90 Å². The van der Waals surface area contributed by atoms with Crippen LogP contribution < -0.4 is 11.0 Å². The number of rotatable bonds is 13. The molecule has 0 aliphatic heterocycles. The van der Waals surface area contributed by atoms with Crippen molar-refractivity contribution in [2.45, 2.75) is 30.6 Å². The highest BCUT2D eigenvalue weighted by Gasteiger charge is 2.31. The van der Waals surface area contributed by atoms with Crippen LogP contribution in [0.4, 0.5) is 0 Å². The van der Waals surface area contributed by atoms with Crippen molar-refractivity contribution in [2.75, 3.05) is 46.6 Å². The van der Waals surface area contributed by atoms with Crippen molar-refractivity contribution in [1.29, 1.82) is 0 Å². The van der Waals surface area contributed by atoms with Crippen LogP contribution in [0, 0.1) is 5.92 Å². The molecule has 0 saturated heterocycles. The second kappa shape index (κ2) is 11.3. The number of ether oxygens (including phenoxy) is 1. The van der Waals surface area contributed by atoms with E-state index in [0.717, 1.165) is 24.6 Å². The molecule has 2 aromatic rings. The average molecular weight is 468 g/mol. The summed E-state index contributed by atoms with van der Waals surface area (Å²) >= 11 is 1.14. The third-order valence-corrected chi connectivity index (χ3v) is 5.97. The molecule has 32 heavy (non-hydrogen) atoms. The molecule has 1 atom stereocenters. The van der Waals surface area contributed by atoms with Gasteiger partial charge in [-0.1, -0.05) is 16.9 Å². The molecule has 2 heterocycles. The number of nitrogens with zero attached hydrogens (tertiary/aromatic N) is 4. The minimum Gasteiger partial charge on any atom is -0.378 e. The Balaban J connectivity index is 1.56. The molecule has 0 radical (unpaired) electrons. The fourth-order valence-electron chi connectivity index (χ4n) is 3.01. The highest BCUT2D eigenvalue weighted by molar-refractivity contribution is 7.99. The molecule has 3 rings (SSSR count). The zero-order chi connectivity index (χ0) is 23.1. The Labute approximate surface area is 189 Å². The lowest BCUT2D eigenvalue weighted by atomic mass is 10.1. The van der Waals surface area contributed by atoms with Gasteiger partial charge in [0.2, 0.25) is 11.8 Å². The van der Waals surface area contributed by atoms with E-state index < -0.39 is 11.7 Å². The zero-order valence-corrected chi connectivity index (χ0v) is 19.2. The summed E-state index contributed by atoms with van der Waals surface area (Å²) in [4.78, 5) is 42.3. The van der Waals surface area contributed by atoms with Crippen LogP contribution in [0.25, 0.3) is 0 Å². The van der Waals surface area contributed by atoms with Gasteiger partial charge in [0.25, 0.3) is 0 Å². The number of likely N-dealkylation sites (N-methyl/N-ethyl adjacent to an activating group) is 2. The summed E-state index contributed by atoms with van der Waals surface area (Å²) in [6, 6.07) is 1.05. The number of hydrogen-bond acceptors (Lipinski definition) is 9. The van der Waals surface area contributed by atoms with Crippen molar-refractivity contribution in [3.8, 4) is 0 Å². The summed E-state index contributed by atoms with van der Waals surface area (Å²) in [6.45, 7) is 1.78. The van der Waals surface area contributed by atoms with E-state index in [2.05, 4.69) is 25.7 Å². The highest BCUT2D eigenvalue weighted by atomic mass is 32.2. The lowest BCUT2D eigenvalue weighted by molar-refractivity contribution is -0.128. The van der Waals surface area contributed by atoms with Crippen LogP contribution in [0.3, 0.4) is 0 Å². The summed E-state index contributed by atoms with van der Waals surface area (Å²) in [6.07, 6.45) is 2.27. The standard InChI is InChI=1S/C19H29N7O5S/c1-25(15(27)11-32-19-21-18(29)22-23-19)6-7-26(2)16(17(28)20-9-12-4-5-12)14-8-13(10-30-3)24-31-14/h8,12,16H,4-7,9-11H2,1-3H3,(H,20,28)(H2,21,22,23,29). The minimum absolute atomic E-state index is 0.121. The van der Waals surface area contributed by atoms with Crippen molar-refractivity contribution in [3.63, 3.8) is 0 Å². The Morgan fingerprint density at radius 2 is 2.16 bits per heavy atom. The second-order valence-electron chi connectivity index (χ2n) is 7.81. The molecule has 1 aliphatic carbocycles. The average Bonchev–Trinajstić information content (AvgIpc) is 3.34. The molecule has 176 valence electrons. The summed E-state index contributed by atoms with van der Waals surface area (Å²) in [5, 5.41) is 13.3. The smallest absolute Gasteiger partial charge is 0.341 e. The molecule has 2 amide bonds. The number of nitrogens with one attached hydrogen (secondary N) is 3. The quantitative estimate of drug-likeness (QED) is 0.345. The van der Waals surface area contributed by atoms with Gasteiger partial charge < -0.3 is 19.5 Å². The maximum Gasteiger partial charge on any atom is 0.341 e. The molecule has 2 aromatic heterocycles. The van der Waals surface area contributed by atoms with E-state index in [4.69, 9.17) is 9.26 Å². The van der Waals surface area contributed by atoms with Gasteiger partial charge in [0.05, 0.1) is 12.4 Å². The third kappa shape index (κ3) is 6.93. The first-order valence-corrected chi connectivity index (χ1v) is 11.3. The maximum absolute atomic E-state index is 12.9. The van der Waals surface area contributed by atoms with E-state index in [-0.39, 0.29) is 17.6 Å². The number of H-pyrrole nitrogens is 2. The number of carbonyl (C=O) groups is 2. The Morgan fingerprint density at radius 1 is 1.38 bits per heavy atom. The summed E-state index contributed by atoms with van der Waals surface area (Å²) in [5.41, 5.74) is 0.193. The van der Waals surface area contributed by atoms with E-state index >= 15 is 0 Å². The minimum atomic E-state index is -0.668. The molecule has 1 unspecified atom stereocenters. The molecular formula is C19H29N7O5S. The number of amides is 2. The first-order chi connectivity index (χ1) is 15.4. The van der Waals surface area contributed by atoms with Gasteiger partial charge in [-0.05, 0) is 25.8 Å². The van der Waals surface area contributed by atoms with E-state index in [1.54, 1.807) is 32.2 Å². The van der Waals surface area contributed by atoms with Gasteiger partial charge in [-0.3, -0.25) is 19.5 Å². The number of aromatic nitrogens is 4. The van der Waals surface area contributed by atoms with Crippen molar-refractivity contribution >= 4 is 23.6 Å². The van der Waals surface area contributed by atoms with Crippen LogP contribution in [0.5, 0.6) is 0 Å². The molecule has 12 nitrogen and oxygen atoms in total. The van der Waals surface area contributed by atoms with Crippen LogP contribution in [-0.4, -0.2) is 88.5 Å². The molecule has 1 saturated carbocycles. The SMILES string of the molecule is COCc1cc(C(C(=O)NCC2CC2)N(C)CCN(C)C(=O)CSc2n[nH]c(=O)[nH]2)on1. The van der Waals surface area contributed by atoms with Gasteiger partial charge >= 0.3 is 5.69 Å². The fraction of sp³-hybridized carbons (Fsp3) is 0.632. The Hall–Kier alpha value is -2.64. The number of hydrogen-bond donors (Lipinski definition) is 3. The number of aromatic amines is 2. The molecule has 1 aliphatic rings. The van der Waals surface area contributed by atoms with Crippen LogP contribution in [0.2, 0.25) is 0 Å². The first kappa shape index (κ1) is 24.0. The van der Waals surface area contributed by atoms with E-state index in [9.17, 15) is 14.4 Å². The van der Waals surface area contributed by atoms with Crippen molar-refractivity contribution < 1.29 is 18.8 Å². The van der Waals surface area contributed by atoms with Gasteiger partial charge in [-0.15, -0.1) is 5.10 Å².